The lowest BCUT2D eigenvalue weighted by atomic mass is 10.1. The minimum absolute atomic E-state index is 0.223. The molecular weight excluding hydrogens is 396 g/mol. The Morgan fingerprint density at radius 1 is 1.00 bits per heavy atom. The minimum Gasteiger partial charge on any atom is -0.476 e. The molecule has 31 heavy (non-hydrogen) atoms. The number of anilines is 2. The number of ether oxygens (including phenoxy) is 2. The lowest BCUT2D eigenvalue weighted by Gasteiger charge is -2.27. The molecule has 0 atom stereocenters. The van der Waals surface area contributed by atoms with Crippen molar-refractivity contribution in [2.75, 3.05) is 64.2 Å². The molecule has 1 saturated heterocycles. The van der Waals surface area contributed by atoms with Crippen molar-refractivity contribution >= 4 is 11.9 Å². The van der Waals surface area contributed by atoms with Gasteiger partial charge in [-0.2, -0.15) is 0 Å². The van der Waals surface area contributed by atoms with Gasteiger partial charge in [-0.1, -0.05) is 0 Å². The number of hydrogen-bond acceptors (Lipinski definition) is 10. The predicted octanol–water partition coefficient (Wildman–Crippen LogP) is 1.35. The fourth-order valence-corrected chi connectivity index (χ4v) is 3.06. The third-order valence-electron chi connectivity index (χ3n) is 4.80. The predicted molar refractivity (Wildman–Crippen MR) is 118 cm³/mol. The number of aromatic nitrogens is 5. The van der Waals surface area contributed by atoms with Crippen molar-refractivity contribution in [1.29, 1.82) is 0 Å². The molecule has 1 fully saturated rings. The number of morpholine rings is 1. The van der Waals surface area contributed by atoms with E-state index in [9.17, 15) is 0 Å². The van der Waals surface area contributed by atoms with Crippen LogP contribution in [-0.2, 0) is 4.74 Å². The van der Waals surface area contributed by atoms with E-state index in [2.05, 4.69) is 24.8 Å². The number of rotatable bonds is 7. The van der Waals surface area contributed by atoms with Gasteiger partial charge < -0.3 is 25.0 Å². The number of hydrogen-bond donors (Lipinski definition) is 1. The first-order valence-electron chi connectivity index (χ1n) is 10.1. The number of likely N-dealkylation sites (N-methyl/N-ethyl adjacent to an activating group) is 1. The average molecular weight is 422 g/mol. The van der Waals surface area contributed by atoms with Crippen LogP contribution in [0.4, 0.5) is 11.9 Å². The van der Waals surface area contributed by atoms with Crippen LogP contribution in [-0.4, -0.2) is 83.4 Å². The van der Waals surface area contributed by atoms with Crippen molar-refractivity contribution in [3.8, 4) is 28.4 Å². The lowest BCUT2D eigenvalue weighted by molar-refractivity contribution is 0.122. The molecule has 1 aliphatic rings. The largest absolute Gasteiger partial charge is 0.476 e. The number of nitrogens with zero attached hydrogens (tertiary/aromatic N) is 7. The molecule has 0 bridgehead atoms. The van der Waals surface area contributed by atoms with Crippen molar-refractivity contribution in [3.05, 3.63) is 36.8 Å². The number of nitrogen functional groups attached to an aromatic ring is 1. The molecule has 162 valence electrons. The van der Waals surface area contributed by atoms with Crippen LogP contribution in [0.25, 0.3) is 22.5 Å². The van der Waals surface area contributed by atoms with E-state index in [1.54, 1.807) is 18.6 Å². The summed E-state index contributed by atoms with van der Waals surface area (Å²) >= 11 is 0. The highest BCUT2D eigenvalue weighted by Gasteiger charge is 2.17. The molecule has 10 heteroatoms. The van der Waals surface area contributed by atoms with Crippen LogP contribution in [0.3, 0.4) is 0 Å². The monoisotopic (exact) mass is 422 g/mol. The second kappa shape index (κ2) is 9.63. The molecule has 3 aromatic heterocycles. The maximum absolute atomic E-state index is 5.69. The zero-order valence-corrected chi connectivity index (χ0v) is 17.7. The second-order valence-electron chi connectivity index (χ2n) is 7.40. The molecule has 3 aromatic rings. The first-order valence-corrected chi connectivity index (χ1v) is 10.1. The first kappa shape index (κ1) is 20.9. The molecule has 2 N–H and O–H groups in total. The fraction of sp³-hybridized carbons (Fsp3) is 0.381. The van der Waals surface area contributed by atoms with Crippen molar-refractivity contribution in [2.24, 2.45) is 0 Å². The van der Waals surface area contributed by atoms with Crippen LogP contribution < -0.4 is 15.4 Å². The molecular formula is C21H26N8O2. The Morgan fingerprint density at radius 3 is 2.32 bits per heavy atom. The van der Waals surface area contributed by atoms with Gasteiger partial charge in [0.1, 0.15) is 6.61 Å². The third-order valence-corrected chi connectivity index (χ3v) is 4.80. The summed E-state index contributed by atoms with van der Waals surface area (Å²) in [7, 11) is 4.01. The van der Waals surface area contributed by atoms with E-state index in [0.29, 0.717) is 31.6 Å². The summed E-state index contributed by atoms with van der Waals surface area (Å²) < 4.78 is 11.2. The van der Waals surface area contributed by atoms with Crippen LogP contribution in [0.5, 0.6) is 5.88 Å². The summed E-state index contributed by atoms with van der Waals surface area (Å²) in [5.41, 5.74) is 8.76. The van der Waals surface area contributed by atoms with E-state index in [0.717, 1.165) is 42.1 Å². The summed E-state index contributed by atoms with van der Waals surface area (Å²) in [5.74, 6) is 1.44. The van der Waals surface area contributed by atoms with Crippen LogP contribution in [0.15, 0.2) is 36.8 Å². The molecule has 0 aliphatic carbocycles. The van der Waals surface area contributed by atoms with Gasteiger partial charge in [0.25, 0.3) is 0 Å². The summed E-state index contributed by atoms with van der Waals surface area (Å²) in [6.45, 7) is 4.17. The van der Waals surface area contributed by atoms with Gasteiger partial charge in [-0.3, -0.25) is 0 Å². The van der Waals surface area contributed by atoms with Gasteiger partial charge in [-0.25, -0.2) is 24.9 Å². The third kappa shape index (κ3) is 5.41. The van der Waals surface area contributed by atoms with E-state index in [-0.39, 0.29) is 5.95 Å². The Kier molecular flexibility index (Phi) is 6.48. The quantitative estimate of drug-likeness (QED) is 0.598. The van der Waals surface area contributed by atoms with Gasteiger partial charge in [0.2, 0.25) is 17.8 Å². The standard InChI is InChI=1S/C21H26N8O2/c1-28(2)5-10-31-19-4-3-15(12-23-19)17-11-18(16-13-24-20(22)25-14-16)27-21(26-17)29-6-8-30-9-7-29/h3-4,11-14H,5-10H2,1-2H3,(H2,22,24,25). The maximum atomic E-state index is 5.69. The van der Waals surface area contributed by atoms with E-state index in [4.69, 9.17) is 25.2 Å². The molecule has 0 radical (unpaired) electrons. The Bertz CT molecular complexity index is 989. The van der Waals surface area contributed by atoms with Gasteiger partial charge in [0.05, 0.1) is 24.6 Å². The Hall–Kier alpha value is -3.37. The van der Waals surface area contributed by atoms with E-state index in [1.165, 1.54) is 0 Å². The molecule has 0 unspecified atom stereocenters. The molecule has 4 rings (SSSR count). The molecule has 0 spiro atoms. The summed E-state index contributed by atoms with van der Waals surface area (Å²) in [6.07, 6.45) is 5.09. The van der Waals surface area contributed by atoms with Crippen molar-refractivity contribution in [2.45, 2.75) is 0 Å². The van der Waals surface area contributed by atoms with Gasteiger partial charge in [-0.15, -0.1) is 0 Å². The summed E-state index contributed by atoms with van der Waals surface area (Å²) in [6, 6.07) is 5.71. The topological polar surface area (TPSA) is 115 Å². The average Bonchev–Trinajstić information content (AvgIpc) is 2.80. The van der Waals surface area contributed by atoms with Crippen molar-refractivity contribution in [3.63, 3.8) is 0 Å². The van der Waals surface area contributed by atoms with Gasteiger partial charge >= 0.3 is 0 Å². The maximum Gasteiger partial charge on any atom is 0.226 e. The van der Waals surface area contributed by atoms with Crippen LogP contribution in [0.2, 0.25) is 0 Å². The zero-order valence-electron chi connectivity index (χ0n) is 17.7. The number of nitrogens with two attached hydrogens (primary N) is 1. The fourth-order valence-electron chi connectivity index (χ4n) is 3.06. The SMILES string of the molecule is CN(C)CCOc1ccc(-c2cc(-c3cnc(N)nc3)nc(N3CCOCC3)n2)cn1. The van der Waals surface area contributed by atoms with Crippen LogP contribution in [0, 0.1) is 0 Å². The minimum atomic E-state index is 0.223. The zero-order chi connectivity index (χ0) is 21.6. The summed E-state index contributed by atoms with van der Waals surface area (Å²) in [5, 5.41) is 0. The Balaban J connectivity index is 1.64. The molecule has 1 aliphatic heterocycles. The van der Waals surface area contributed by atoms with E-state index < -0.39 is 0 Å². The Labute approximate surface area is 181 Å². The normalized spacial score (nSPS) is 14.1. The highest BCUT2D eigenvalue weighted by molar-refractivity contribution is 5.68. The Morgan fingerprint density at radius 2 is 1.68 bits per heavy atom. The highest BCUT2D eigenvalue weighted by Crippen LogP contribution is 2.26. The first-order chi connectivity index (χ1) is 15.1. The molecule has 0 saturated carbocycles. The molecule has 10 nitrogen and oxygen atoms in total. The molecule has 0 aromatic carbocycles. The number of pyridine rings is 1. The van der Waals surface area contributed by atoms with E-state index in [1.807, 2.05) is 32.3 Å². The van der Waals surface area contributed by atoms with Crippen LogP contribution >= 0.6 is 0 Å². The van der Waals surface area contributed by atoms with E-state index >= 15 is 0 Å². The molecule has 4 heterocycles. The summed E-state index contributed by atoms with van der Waals surface area (Å²) in [4.78, 5) is 26.3. The van der Waals surface area contributed by atoms with Gasteiger partial charge in [0, 0.05) is 55.4 Å². The smallest absolute Gasteiger partial charge is 0.226 e. The van der Waals surface area contributed by atoms with Gasteiger partial charge in [0.15, 0.2) is 0 Å². The van der Waals surface area contributed by atoms with Gasteiger partial charge in [-0.05, 0) is 26.2 Å². The van der Waals surface area contributed by atoms with Crippen LogP contribution in [0.1, 0.15) is 0 Å². The second-order valence-corrected chi connectivity index (χ2v) is 7.40. The van der Waals surface area contributed by atoms with Crippen molar-refractivity contribution < 1.29 is 9.47 Å². The van der Waals surface area contributed by atoms with Crippen molar-refractivity contribution in [1.82, 2.24) is 29.8 Å². The highest BCUT2D eigenvalue weighted by atomic mass is 16.5. The molecule has 0 amide bonds. The lowest BCUT2D eigenvalue weighted by Crippen LogP contribution is -2.37.